The van der Waals surface area contributed by atoms with Gasteiger partial charge in [-0.1, -0.05) is 12.1 Å². The fourth-order valence-electron chi connectivity index (χ4n) is 3.04. The van der Waals surface area contributed by atoms with E-state index in [1.54, 1.807) is 6.33 Å². The van der Waals surface area contributed by atoms with Gasteiger partial charge in [0.15, 0.2) is 11.8 Å². The second-order valence-electron chi connectivity index (χ2n) is 6.80. The average Bonchev–Trinajstić information content (AvgIpc) is 3.36. The van der Waals surface area contributed by atoms with E-state index < -0.39 is 0 Å². The summed E-state index contributed by atoms with van der Waals surface area (Å²) in [6, 6.07) is 6.25. The summed E-state index contributed by atoms with van der Waals surface area (Å²) in [5, 5.41) is 14.7. The number of aromatic nitrogens is 3. The van der Waals surface area contributed by atoms with E-state index >= 15 is 0 Å². The number of guanidine groups is 1. The Balaban J connectivity index is 0.00000300. The van der Waals surface area contributed by atoms with Gasteiger partial charge in [0.1, 0.15) is 18.2 Å². The molecule has 2 aromatic rings. The molecular formula is C20H31IN6O2. The highest BCUT2D eigenvalue weighted by Gasteiger charge is 2.18. The third kappa shape index (κ3) is 6.84. The summed E-state index contributed by atoms with van der Waals surface area (Å²) in [6.07, 6.45) is 2.79. The predicted octanol–water partition coefficient (Wildman–Crippen LogP) is 2.65. The van der Waals surface area contributed by atoms with Crippen LogP contribution in [-0.2, 0) is 24.4 Å². The van der Waals surface area contributed by atoms with Crippen molar-refractivity contribution in [1.29, 1.82) is 0 Å². The monoisotopic (exact) mass is 514 g/mol. The Kier molecular flexibility index (Phi) is 9.65. The van der Waals surface area contributed by atoms with E-state index in [0.717, 1.165) is 49.2 Å². The second-order valence-corrected chi connectivity index (χ2v) is 6.80. The summed E-state index contributed by atoms with van der Waals surface area (Å²) in [4.78, 5) is 4.73. The van der Waals surface area contributed by atoms with Gasteiger partial charge in [-0.15, -0.1) is 34.2 Å². The van der Waals surface area contributed by atoms with Gasteiger partial charge in [-0.05, 0) is 32.4 Å². The van der Waals surface area contributed by atoms with E-state index in [4.69, 9.17) is 14.5 Å². The molecule has 1 aliphatic rings. The summed E-state index contributed by atoms with van der Waals surface area (Å²) in [6.45, 7) is 10.3. The van der Waals surface area contributed by atoms with Crippen LogP contribution >= 0.6 is 24.0 Å². The van der Waals surface area contributed by atoms with E-state index in [2.05, 4.69) is 52.9 Å². The standard InChI is InChI=1S/C20H30N6O2.HI/c1-4-21-20(23-12-19-25-24-14-26(19)5-2)22-11-16-7-6-15(3)10-18(16)28-17-8-9-27-13-17;/h6-7,10,14,17H,4-5,8-9,11-13H2,1-3H3,(H2,21,22,23);1H. The quantitative estimate of drug-likeness (QED) is 0.320. The zero-order valence-corrected chi connectivity index (χ0v) is 19.7. The molecule has 1 saturated heterocycles. The molecule has 3 rings (SSSR count). The molecule has 0 bridgehead atoms. The molecule has 0 saturated carbocycles. The molecule has 0 amide bonds. The van der Waals surface area contributed by atoms with Gasteiger partial charge in [-0.3, -0.25) is 0 Å². The third-order valence-electron chi connectivity index (χ3n) is 4.61. The van der Waals surface area contributed by atoms with Crippen molar-refractivity contribution in [1.82, 2.24) is 25.4 Å². The van der Waals surface area contributed by atoms with Crippen LogP contribution < -0.4 is 15.4 Å². The van der Waals surface area contributed by atoms with Gasteiger partial charge in [-0.2, -0.15) is 0 Å². The Morgan fingerprint density at radius 3 is 2.93 bits per heavy atom. The molecule has 0 spiro atoms. The normalized spacial score (nSPS) is 16.4. The number of nitrogens with zero attached hydrogens (tertiary/aromatic N) is 4. The molecule has 0 aliphatic carbocycles. The number of hydrogen-bond acceptors (Lipinski definition) is 5. The number of halogens is 1. The maximum atomic E-state index is 6.17. The maximum Gasteiger partial charge on any atom is 0.191 e. The van der Waals surface area contributed by atoms with Crippen molar-refractivity contribution in [2.24, 2.45) is 4.99 Å². The average molecular weight is 514 g/mol. The number of rotatable bonds is 8. The minimum atomic E-state index is 0. The lowest BCUT2D eigenvalue weighted by atomic mass is 10.1. The molecule has 1 fully saturated rings. The van der Waals surface area contributed by atoms with Crippen LogP contribution in [-0.4, -0.2) is 46.6 Å². The molecule has 0 radical (unpaired) electrons. The summed E-state index contributed by atoms with van der Waals surface area (Å²) in [5.41, 5.74) is 2.23. The first kappa shape index (κ1) is 23.4. The first-order valence-electron chi connectivity index (χ1n) is 9.92. The highest BCUT2D eigenvalue weighted by atomic mass is 127. The van der Waals surface area contributed by atoms with Crippen molar-refractivity contribution < 1.29 is 9.47 Å². The van der Waals surface area contributed by atoms with Crippen molar-refractivity contribution in [3.8, 4) is 5.75 Å². The van der Waals surface area contributed by atoms with Crippen molar-refractivity contribution >= 4 is 29.9 Å². The number of aliphatic imine (C=N–C) groups is 1. The van der Waals surface area contributed by atoms with Gasteiger partial charge in [0.25, 0.3) is 0 Å². The van der Waals surface area contributed by atoms with Crippen LogP contribution in [0, 0.1) is 6.92 Å². The van der Waals surface area contributed by atoms with Gasteiger partial charge in [0.2, 0.25) is 0 Å². The zero-order valence-electron chi connectivity index (χ0n) is 17.4. The first-order valence-corrected chi connectivity index (χ1v) is 9.92. The van der Waals surface area contributed by atoms with E-state index in [-0.39, 0.29) is 30.1 Å². The molecule has 2 heterocycles. The number of hydrogen-bond donors (Lipinski definition) is 2. The van der Waals surface area contributed by atoms with Crippen molar-refractivity contribution in [3.05, 3.63) is 41.5 Å². The predicted molar refractivity (Wildman–Crippen MR) is 124 cm³/mol. The Bertz CT molecular complexity index is 789. The minimum absolute atomic E-state index is 0. The van der Waals surface area contributed by atoms with Gasteiger partial charge >= 0.3 is 0 Å². The molecule has 2 N–H and O–H groups in total. The molecular weight excluding hydrogens is 483 g/mol. The fraction of sp³-hybridized carbons (Fsp3) is 0.550. The van der Waals surface area contributed by atoms with Crippen LogP contribution in [0.3, 0.4) is 0 Å². The Morgan fingerprint density at radius 2 is 2.21 bits per heavy atom. The highest BCUT2D eigenvalue weighted by Crippen LogP contribution is 2.24. The lowest BCUT2D eigenvalue weighted by Crippen LogP contribution is -2.37. The highest BCUT2D eigenvalue weighted by molar-refractivity contribution is 14.0. The van der Waals surface area contributed by atoms with Crippen molar-refractivity contribution in [3.63, 3.8) is 0 Å². The van der Waals surface area contributed by atoms with E-state index in [9.17, 15) is 0 Å². The second kappa shape index (κ2) is 12.0. The van der Waals surface area contributed by atoms with E-state index in [1.807, 2.05) is 11.5 Å². The third-order valence-corrected chi connectivity index (χ3v) is 4.61. The number of ether oxygens (including phenoxy) is 2. The van der Waals surface area contributed by atoms with Crippen LogP contribution in [0.2, 0.25) is 0 Å². The molecule has 1 aliphatic heterocycles. The lowest BCUT2D eigenvalue weighted by molar-refractivity contribution is 0.140. The van der Waals surface area contributed by atoms with Crippen LogP contribution in [0.4, 0.5) is 0 Å². The topological polar surface area (TPSA) is 85.6 Å². The van der Waals surface area contributed by atoms with Crippen LogP contribution in [0.1, 0.15) is 37.2 Å². The van der Waals surface area contributed by atoms with E-state index in [1.165, 1.54) is 5.56 Å². The zero-order chi connectivity index (χ0) is 19.8. The molecule has 8 nitrogen and oxygen atoms in total. The van der Waals surface area contributed by atoms with Gasteiger partial charge in [0, 0.05) is 25.1 Å². The minimum Gasteiger partial charge on any atom is -0.488 e. The fourth-order valence-corrected chi connectivity index (χ4v) is 3.04. The number of nitrogens with one attached hydrogen (secondary N) is 2. The van der Waals surface area contributed by atoms with E-state index in [0.29, 0.717) is 19.7 Å². The van der Waals surface area contributed by atoms with Crippen molar-refractivity contribution in [2.45, 2.75) is 52.9 Å². The molecule has 1 aromatic carbocycles. The number of aryl methyl sites for hydroxylation is 2. The van der Waals surface area contributed by atoms with Gasteiger partial charge < -0.3 is 24.7 Å². The SMILES string of the molecule is CCNC(=NCc1ccc(C)cc1OC1CCOC1)NCc1nncn1CC.I. The Hall–Kier alpha value is -1.88. The molecule has 1 aromatic heterocycles. The summed E-state index contributed by atoms with van der Waals surface area (Å²) < 4.78 is 13.6. The molecule has 1 unspecified atom stereocenters. The summed E-state index contributed by atoms with van der Waals surface area (Å²) >= 11 is 0. The van der Waals surface area contributed by atoms with Gasteiger partial charge in [0.05, 0.1) is 26.3 Å². The smallest absolute Gasteiger partial charge is 0.191 e. The molecule has 1 atom stereocenters. The number of benzene rings is 1. The summed E-state index contributed by atoms with van der Waals surface area (Å²) in [7, 11) is 0. The largest absolute Gasteiger partial charge is 0.488 e. The molecule has 160 valence electrons. The van der Waals surface area contributed by atoms with Crippen LogP contribution in [0.15, 0.2) is 29.5 Å². The Labute approximate surface area is 189 Å². The molecule has 9 heteroatoms. The summed E-state index contributed by atoms with van der Waals surface area (Å²) in [5.74, 6) is 2.51. The van der Waals surface area contributed by atoms with Crippen LogP contribution in [0.5, 0.6) is 5.75 Å². The first-order chi connectivity index (χ1) is 13.7. The van der Waals surface area contributed by atoms with Crippen molar-refractivity contribution in [2.75, 3.05) is 19.8 Å². The molecule has 29 heavy (non-hydrogen) atoms. The Morgan fingerprint density at radius 1 is 1.34 bits per heavy atom. The lowest BCUT2D eigenvalue weighted by Gasteiger charge is -2.16. The maximum absolute atomic E-state index is 6.17. The van der Waals surface area contributed by atoms with Gasteiger partial charge in [-0.25, -0.2) is 4.99 Å². The van der Waals surface area contributed by atoms with Crippen LogP contribution in [0.25, 0.3) is 0 Å².